The highest BCUT2D eigenvalue weighted by molar-refractivity contribution is 7.15. The van der Waals surface area contributed by atoms with Crippen LogP contribution in [0.1, 0.15) is 47.4 Å². The van der Waals surface area contributed by atoms with Gasteiger partial charge in [-0.3, -0.25) is 14.1 Å². The van der Waals surface area contributed by atoms with E-state index in [1.54, 1.807) is 11.3 Å². The van der Waals surface area contributed by atoms with E-state index in [9.17, 15) is 9.18 Å². The van der Waals surface area contributed by atoms with Crippen LogP contribution in [0.3, 0.4) is 0 Å². The zero-order valence-electron chi connectivity index (χ0n) is 16.9. The lowest BCUT2D eigenvalue weighted by atomic mass is 9.99. The van der Waals surface area contributed by atoms with Crippen molar-refractivity contribution in [1.29, 1.82) is 0 Å². The molecule has 7 heteroatoms. The Morgan fingerprint density at radius 1 is 1.10 bits per heavy atom. The van der Waals surface area contributed by atoms with Crippen LogP contribution in [0, 0.1) is 5.82 Å². The van der Waals surface area contributed by atoms with Crippen LogP contribution in [0.2, 0.25) is 0 Å². The molecule has 0 bridgehead atoms. The number of thiazole rings is 1. The molecule has 0 N–H and O–H groups in total. The molecule has 1 fully saturated rings. The predicted molar refractivity (Wildman–Crippen MR) is 117 cm³/mol. The molecule has 0 saturated carbocycles. The smallest absolute Gasteiger partial charge is 0.274 e. The summed E-state index contributed by atoms with van der Waals surface area (Å²) >= 11 is 1.57. The number of likely N-dealkylation sites (tertiary alicyclic amines) is 1. The second kappa shape index (κ2) is 8.32. The highest BCUT2D eigenvalue weighted by Crippen LogP contribution is 2.26. The zero-order valence-corrected chi connectivity index (χ0v) is 17.7. The summed E-state index contributed by atoms with van der Waals surface area (Å²) < 4.78 is 15.3. The Morgan fingerprint density at radius 3 is 2.63 bits per heavy atom. The Bertz CT molecular complexity index is 1080. The van der Waals surface area contributed by atoms with E-state index in [0.717, 1.165) is 61.7 Å². The number of rotatable bonds is 4. The number of hydrogen-bond donors (Lipinski definition) is 0. The van der Waals surface area contributed by atoms with Crippen molar-refractivity contribution >= 4 is 27.8 Å². The largest absolute Gasteiger partial charge is 0.337 e. The fourth-order valence-corrected chi connectivity index (χ4v) is 5.13. The van der Waals surface area contributed by atoms with E-state index in [2.05, 4.69) is 15.4 Å². The molecule has 2 aliphatic rings. The van der Waals surface area contributed by atoms with E-state index in [1.807, 2.05) is 28.6 Å². The number of aromatic nitrogens is 2. The second-order valence-corrected chi connectivity index (χ2v) is 8.91. The van der Waals surface area contributed by atoms with Gasteiger partial charge in [-0.05, 0) is 49.0 Å². The van der Waals surface area contributed by atoms with Crippen LogP contribution in [0.4, 0.5) is 4.39 Å². The summed E-state index contributed by atoms with van der Waals surface area (Å²) in [6, 6.07) is 6.72. The fraction of sp³-hybridized carbons (Fsp3) is 0.391. The lowest BCUT2D eigenvalue weighted by Gasteiger charge is -2.28. The summed E-state index contributed by atoms with van der Waals surface area (Å²) in [4.78, 5) is 23.1. The molecule has 2 aromatic heterocycles. The van der Waals surface area contributed by atoms with Crippen molar-refractivity contribution in [3.63, 3.8) is 0 Å². The van der Waals surface area contributed by atoms with Crippen LogP contribution < -0.4 is 0 Å². The molecule has 0 aliphatic carbocycles. The maximum atomic E-state index is 13.2. The van der Waals surface area contributed by atoms with Crippen molar-refractivity contribution < 1.29 is 9.18 Å². The van der Waals surface area contributed by atoms with E-state index in [1.165, 1.54) is 24.1 Å². The monoisotopic (exact) mass is 424 g/mol. The number of piperidine rings is 1. The van der Waals surface area contributed by atoms with Crippen molar-refractivity contribution in [3.8, 4) is 0 Å². The van der Waals surface area contributed by atoms with Crippen molar-refractivity contribution in [3.05, 3.63) is 64.7 Å². The number of carbonyl (C=O) groups excluding carboxylic acids is 1. The summed E-state index contributed by atoms with van der Waals surface area (Å²) in [6.45, 7) is 4.06. The van der Waals surface area contributed by atoms with Gasteiger partial charge in [0.2, 0.25) is 0 Å². The van der Waals surface area contributed by atoms with Gasteiger partial charge < -0.3 is 4.90 Å². The van der Waals surface area contributed by atoms with Gasteiger partial charge in [-0.15, -0.1) is 11.3 Å². The SMILES string of the molecule is O=C(c1nc2sccn2c1CN1CC=C(c2ccc(F)cc2)CC1)N1CCCCC1. The predicted octanol–water partition coefficient (Wildman–Crippen LogP) is 4.45. The van der Waals surface area contributed by atoms with Crippen LogP contribution in [-0.2, 0) is 6.54 Å². The molecular formula is C23H25FN4OS. The minimum Gasteiger partial charge on any atom is -0.337 e. The third kappa shape index (κ3) is 3.79. The van der Waals surface area contributed by atoms with Crippen molar-refractivity contribution in [2.45, 2.75) is 32.2 Å². The summed E-state index contributed by atoms with van der Waals surface area (Å²) in [5.74, 6) is -0.136. The maximum Gasteiger partial charge on any atom is 0.274 e. The summed E-state index contributed by atoms with van der Waals surface area (Å²) in [5, 5.41) is 2.02. The number of fused-ring (bicyclic) bond motifs is 1. The molecule has 156 valence electrons. The van der Waals surface area contributed by atoms with Gasteiger partial charge in [0.1, 0.15) is 5.82 Å². The van der Waals surface area contributed by atoms with Gasteiger partial charge in [-0.1, -0.05) is 18.2 Å². The first-order valence-electron chi connectivity index (χ1n) is 10.6. The lowest BCUT2D eigenvalue weighted by molar-refractivity contribution is 0.0716. The Kier molecular flexibility index (Phi) is 5.39. The number of benzene rings is 1. The molecule has 0 unspecified atom stereocenters. The van der Waals surface area contributed by atoms with E-state index in [-0.39, 0.29) is 11.7 Å². The van der Waals surface area contributed by atoms with Crippen LogP contribution in [-0.4, -0.2) is 51.3 Å². The Morgan fingerprint density at radius 2 is 1.90 bits per heavy atom. The van der Waals surface area contributed by atoms with Crippen LogP contribution in [0.25, 0.3) is 10.5 Å². The van der Waals surface area contributed by atoms with Crippen molar-refractivity contribution in [2.75, 3.05) is 26.2 Å². The normalized spacial score (nSPS) is 18.0. The first-order valence-corrected chi connectivity index (χ1v) is 11.5. The number of hydrogen-bond acceptors (Lipinski definition) is 4. The molecule has 30 heavy (non-hydrogen) atoms. The fourth-order valence-electron chi connectivity index (χ4n) is 4.39. The molecule has 2 aliphatic heterocycles. The van der Waals surface area contributed by atoms with Gasteiger partial charge in [0.05, 0.1) is 5.69 Å². The first-order chi connectivity index (χ1) is 14.7. The number of imidazole rings is 1. The Labute approximate surface area is 179 Å². The minimum absolute atomic E-state index is 0.0696. The minimum atomic E-state index is -0.205. The topological polar surface area (TPSA) is 40.9 Å². The standard InChI is InChI=1S/C23H25FN4OS/c24-19-6-4-17(5-7-19)18-8-12-26(13-9-18)16-20-21(25-23-28(20)14-15-30-23)22(29)27-10-2-1-3-11-27/h4-8,14-15H,1-3,9-13,16H2. The molecule has 0 atom stereocenters. The van der Waals surface area contributed by atoms with Crippen LogP contribution in [0.5, 0.6) is 0 Å². The molecule has 4 heterocycles. The van der Waals surface area contributed by atoms with Crippen molar-refractivity contribution in [1.82, 2.24) is 19.2 Å². The van der Waals surface area contributed by atoms with Gasteiger partial charge >= 0.3 is 0 Å². The third-order valence-electron chi connectivity index (χ3n) is 6.09. The van der Waals surface area contributed by atoms with E-state index >= 15 is 0 Å². The summed E-state index contributed by atoms with van der Waals surface area (Å²) in [7, 11) is 0. The molecule has 1 saturated heterocycles. The quantitative estimate of drug-likeness (QED) is 0.621. The molecule has 0 spiro atoms. The Balaban J connectivity index is 1.36. The van der Waals surface area contributed by atoms with Gasteiger partial charge in [0.25, 0.3) is 5.91 Å². The molecular weight excluding hydrogens is 399 g/mol. The third-order valence-corrected chi connectivity index (χ3v) is 6.85. The van der Waals surface area contributed by atoms with E-state index < -0.39 is 0 Å². The average Bonchev–Trinajstić information content (AvgIpc) is 3.38. The summed E-state index contributed by atoms with van der Waals surface area (Å²) in [6.07, 6.45) is 8.49. The molecule has 5 rings (SSSR count). The molecule has 3 aromatic rings. The van der Waals surface area contributed by atoms with Gasteiger partial charge in [-0.25, -0.2) is 9.37 Å². The molecule has 0 radical (unpaired) electrons. The first kappa shape index (κ1) is 19.5. The van der Waals surface area contributed by atoms with Crippen molar-refractivity contribution in [2.24, 2.45) is 0 Å². The highest BCUT2D eigenvalue weighted by Gasteiger charge is 2.27. The van der Waals surface area contributed by atoms with Crippen LogP contribution >= 0.6 is 11.3 Å². The zero-order chi connectivity index (χ0) is 20.5. The number of carbonyl (C=O) groups is 1. The average molecular weight is 425 g/mol. The van der Waals surface area contributed by atoms with Crippen LogP contribution in [0.15, 0.2) is 41.9 Å². The number of halogens is 1. The number of nitrogens with zero attached hydrogens (tertiary/aromatic N) is 4. The Hall–Kier alpha value is -2.51. The van der Waals surface area contributed by atoms with Gasteiger partial charge in [0, 0.05) is 44.3 Å². The number of amides is 1. The second-order valence-electron chi connectivity index (χ2n) is 8.04. The maximum absolute atomic E-state index is 13.2. The summed E-state index contributed by atoms with van der Waals surface area (Å²) in [5.41, 5.74) is 3.93. The molecule has 1 amide bonds. The van der Waals surface area contributed by atoms with E-state index in [4.69, 9.17) is 4.98 Å². The van der Waals surface area contributed by atoms with Gasteiger partial charge in [-0.2, -0.15) is 0 Å². The molecule has 5 nitrogen and oxygen atoms in total. The van der Waals surface area contributed by atoms with E-state index in [0.29, 0.717) is 12.2 Å². The highest BCUT2D eigenvalue weighted by atomic mass is 32.1. The lowest BCUT2D eigenvalue weighted by Crippen LogP contribution is -2.37. The van der Waals surface area contributed by atoms with Gasteiger partial charge in [0.15, 0.2) is 10.7 Å². The molecule has 1 aromatic carbocycles.